The van der Waals surface area contributed by atoms with E-state index in [4.69, 9.17) is 0 Å². The summed E-state index contributed by atoms with van der Waals surface area (Å²) in [4.78, 5) is 10.6. The van der Waals surface area contributed by atoms with Gasteiger partial charge in [0.15, 0.2) is 5.78 Å². The Morgan fingerprint density at radius 1 is 1.07 bits per heavy atom. The summed E-state index contributed by atoms with van der Waals surface area (Å²) in [5.41, 5.74) is 2.65. The highest BCUT2D eigenvalue weighted by atomic mass is 16.1. The van der Waals surface area contributed by atoms with Crippen molar-refractivity contribution < 1.29 is 4.79 Å². The quantitative estimate of drug-likeness (QED) is 0.478. The molecule has 1 nitrogen and oxygen atoms in total. The average molecular weight is 192 g/mol. The van der Waals surface area contributed by atoms with E-state index in [1.54, 1.807) is 13.0 Å². The number of carbonyl (C=O) groups is 1. The fraction of sp³-hybridized carbons (Fsp3) is 0.462. The molecule has 0 heterocycles. The molecule has 0 saturated heterocycles. The molecule has 0 aliphatic rings. The molecule has 0 bridgehead atoms. The predicted molar refractivity (Wildman–Crippen MR) is 62.2 cm³/mol. The minimum absolute atomic E-state index is 0.113. The van der Waals surface area contributed by atoms with Gasteiger partial charge in [-0.05, 0) is 46.6 Å². The van der Waals surface area contributed by atoms with Crippen LogP contribution < -0.4 is 0 Å². The molecule has 0 spiro atoms. The second kappa shape index (κ2) is 7.31. The van der Waals surface area contributed by atoms with E-state index in [1.165, 1.54) is 11.1 Å². The Bertz CT molecular complexity index is 263. The molecule has 0 N–H and O–H groups in total. The molecule has 0 aromatic carbocycles. The van der Waals surface area contributed by atoms with E-state index in [2.05, 4.69) is 32.9 Å². The first kappa shape index (κ1) is 12.9. The van der Waals surface area contributed by atoms with Crippen LogP contribution in [0.4, 0.5) is 0 Å². The highest BCUT2D eigenvalue weighted by molar-refractivity contribution is 5.87. The van der Waals surface area contributed by atoms with Crippen LogP contribution in [0.25, 0.3) is 0 Å². The average Bonchev–Trinajstić information content (AvgIpc) is 2.02. The molecule has 0 unspecified atom stereocenters. The molecule has 0 aromatic rings. The van der Waals surface area contributed by atoms with Gasteiger partial charge in [0.2, 0.25) is 0 Å². The lowest BCUT2D eigenvalue weighted by Crippen LogP contribution is -1.80. The van der Waals surface area contributed by atoms with E-state index in [-0.39, 0.29) is 5.78 Å². The van der Waals surface area contributed by atoms with Gasteiger partial charge in [-0.3, -0.25) is 4.79 Å². The molecular formula is C13H20O. The summed E-state index contributed by atoms with van der Waals surface area (Å²) in [7, 11) is 0. The summed E-state index contributed by atoms with van der Waals surface area (Å²) in [6, 6.07) is 0. The summed E-state index contributed by atoms with van der Waals surface area (Å²) in [6.45, 7) is 7.85. The van der Waals surface area contributed by atoms with Gasteiger partial charge in [-0.2, -0.15) is 0 Å². The molecule has 0 aliphatic carbocycles. The third-order valence-corrected chi connectivity index (χ3v) is 1.78. The van der Waals surface area contributed by atoms with Crippen LogP contribution >= 0.6 is 0 Å². The molecule has 0 aromatic heterocycles. The van der Waals surface area contributed by atoms with Crippen molar-refractivity contribution in [2.75, 3.05) is 0 Å². The van der Waals surface area contributed by atoms with Crippen LogP contribution in [0.3, 0.4) is 0 Å². The molecule has 0 fully saturated rings. The molecule has 0 atom stereocenters. The van der Waals surface area contributed by atoms with E-state index < -0.39 is 0 Å². The Balaban J connectivity index is 3.90. The van der Waals surface area contributed by atoms with Crippen molar-refractivity contribution in [1.82, 2.24) is 0 Å². The normalized spacial score (nSPS) is 11.9. The second-order valence-electron chi connectivity index (χ2n) is 3.78. The van der Waals surface area contributed by atoms with Crippen molar-refractivity contribution in [3.8, 4) is 0 Å². The third-order valence-electron chi connectivity index (χ3n) is 1.78. The van der Waals surface area contributed by atoms with E-state index >= 15 is 0 Å². The number of hydrogen-bond donors (Lipinski definition) is 0. The van der Waals surface area contributed by atoms with Crippen LogP contribution in [-0.4, -0.2) is 5.78 Å². The maximum atomic E-state index is 10.6. The summed E-state index contributed by atoms with van der Waals surface area (Å²) in [5, 5.41) is 0. The third kappa shape index (κ3) is 8.98. The van der Waals surface area contributed by atoms with Crippen LogP contribution in [0, 0.1) is 0 Å². The molecule has 1 heteroatoms. The van der Waals surface area contributed by atoms with Crippen LogP contribution in [-0.2, 0) is 4.79 Å². The van der Waals surface area contributed by atoms with Crippen LogP contribution in [0.1, 0.15) is 40.5 Å². The number of hydrogen-bond acceptors (Lipinski definition) is 1. The number of ketones is 1. The van der Waals surface area contributed by atoms with Gasteiger partial charge in [0.25, 0.3) is 0 Å². The Hall–Kier alpha value is -1.11. The molecule has 0 rings (SSSR count). The van der Waals surface area contributed by atoms with Crippen molar-refractivity contribution in [3.05, 3.63) is 35.5 Å². The van der Waals surface area contributed by atoms with Crippen LogP contribution in [0.2, 0.25) is 0 Å². The standard InChI is InChI=1S/C13H20O/c1-11(2)7-5-8-12(3)9-6-10-13(4)14/h6-8,10H,5,9H2,1-4H3. The van der Waals surface area contributed by atoms with Crippen molar-refractivity contribution in [1.29, 1.82) is 0 Å². The van der Waals surface area contributed by atoms with Gasteiger partial charge < -0.3 is 0 Å². The van der Waals surface area contributed by atoms with Crippen LogP contribution in [0.15, 0.2) is 35.5 Å². The lowest BCUT2D eigenvalue weighted by atomic mass is 10.1. The maximum Gasteiger partial charge on any atom is 0.152 e. The van der Waals surface area contributed by atoms with Gasteiger partial charge in [-0.15, -0.1) is 0 Å². The first-order valence-electron chi connectivity index (χ1n) is 4.98. The smallest absolute Gasteiger partial charge is 0.152 e. The summed E-state index contributed by atoms with van der Waals surface area (Å²) >= 11 is 0. The van der Waals surface area contributed by atoms with Crippen molar-refractivity contribution in [2.45, 2.75) is 40.5 Å². The van der Waals surface area contributed by atoms with Crippen molar-refractivity contribution in [2.24, 2.45) is 0 Å². The predicted octanol–water partition coefficient (Wildman–Crippen LogP) is 3.82. The fourth-order valence-electron chi connectivity index (χ4n) is 0.990. The summed E-state index contributed by atoms with van der Waals surface area (Å²) < 4.78 is 0. The van der Waals surface area contributed by atoms with Gasteiger partial charge in [0, 0.05) is 0 Å². The van der Waals surface area contributed by atoms with Crippen LogP contribution in [0.5, 0.6) is 0 Å². The Morgan fingerprint density at radius 3 is 2.21 bits per heavy atom. The Morgan fingerprint density at radius 2 is 1.71 bits per heavy atom. The van der Waals surface area contributed by atoms with Gasteiger partial charge in [0.1, 0.15) is 0 Å². The van der Waals surface area contributed by atoms with Crippen molar-refractivity contribution >= 4 is 5.78 Å². The molecule has 0 radical (unpaired) electrons. The lowest BCUT2D eigenvalue weighted by Gasteiger charge is -1.94. The highest BCUT2D eigenvalue weighted by Crippen LogP contribution is 2.04. The monoisotopic (exact) mass is 192 g/mol. The fourth-order valence-corrected chi connectivity index (χ4v) is 0.990. The molecule has 78 valence electrons. The van der Waals surface area contributed by atoms with E-state index in [1.807, 2.05) is 6.08 Å². The summed E-state index contributed by atoms with van der Waals surface area (Å²) in [6.07, 6.45) is 9.78. The SMILES string of the molecule is CC(=O)C=CCC(C)=CCC=C(C)C. The number of allylic oxidation sites excluding steroid dienone is 6. The second-order valence-corrected chi connectivity index (χ2v) is 3.78. The first-order chi connectivity index (χ1) is 6.52. The topological polar surface area (TPSA) is 17.1 Å². The van der Waals surface area contributed by atoms with E-state index in [0.717, 1.165) is 12.8 Å². The largest absolute Gasteiger partial charge is 0.295 e. The van der Waals surface area contributed by atoms with Crippen molar-refractivity contribution in [3.63, 3.8) is 0 Å². The van der Waals surface area contributed by atoms with E-state index in [9.17, 15) is 4.79 Å². The van der Waals surface area contributed by atoms with E-state index in [0.29, 0.717) is 0 Å². The number of rotatable bonds is 5. The zero-order valence-electron chi connectivity index (χ0n) is 9.63. The molecule has 0 amide bonds. The van der Waals surface area contributed by atoms with Gasteiger partial charge >= 0.3 is 0 Å². The maximum absolute atomic E-state index is 10.6. The molecular weight excluding hydrogens is 172 g/mol. The zero-order chi connectivity index (χ0) is 11.0. The molecule has 0 aliphatic heterocycles. The first-order valence-corrected chi connectivity index (χ1v) is 4.98. The van der Waals surface area contributed by atoms with Gasteiger partial charge in [-0.1, -0.05) is 29.4 Å². The Labute approximate surface area is 87.2 Å². The molecule has 0 saturated carbocycles. The molecule has 14 heavy (non-hydrogen) atoms. The summed E-state index contributed by atoms with van der Waals surface area (Å²) in [5.74, 6) is 0.113. The minimum Gasteiger partial charge on any atom is -0.295 e. The van der Waals surface area contributed by atoms with Gasteiger partial charge in [-0.25, -0.2) is 0 Å². The Kier molecular flexibility index (Phi) is 6.73. The zero-order valence-corrected chi connectivity index (χ0v) is 9.63. The number of carbonyl (C=O) groups excluding carboxylic acids is 1. The lowest BCUT2D eigenvalue weighted by molar-refractivity contribution is -0.112. The van der Waals surface area contributed by atoms with Gasteiger partial charge in [0.05, 0.1) is 0 Å². The minimum atomic E-state index is 0.113. The highest BCUT2D eigenvalue weighted by Gasteiger charge is 1.86.